The molecule has 0 radical (unpaired) electrons. The van der Waals surface area contributed by atoms with E-state index in [4.69, 9.17) is 0 Å². The predicted molar refractivity (Wildman–Crippen MR) is 78.8 cm³/mol. The Bertz CT molecular complexity index is 363. The van der Waals surface area contributed by atoms with Gasteiger partial charge < -0.3 is 5.32 Å². The molecule has 2 rings (SSSR count). The first-order valence-corrected chi connectivity index (χ1v) is 7.44. The molecule has 1 heteroatoms. The molecule has 18 heavy (non-hydrogen) atoms. The van der Waals surface area contributed by atoms with E-state index >= 15 is 0 Å². The summed E-state index contributed by atoms with van der Waals surface area (Å²) < 4.78 is 0. The summed E-state index contributed by atoms with van der Waals surface area (Å²) >= 11 is 0. The van der Waals surface area contributed by atoms with Crippen LogP contribution in [0.3, 0.4) is 0 Å². The van der Waals surface area contributed by atoms with E-state index in [2.05, 4.69) is 44.3 Å². The van der Waals surface area contributed by atoms with Gasteiger partial charge in [-0.1, -0.05) is 49.1 Å². The third kappa shape index (κ3) is 4.13. The largest absolute Gasteiger partial charge is 0.310 e. The van der Waals surface area contributed by atoms with Gasteiger partial charge in [0.05, 0.1) is 0 Å². The van der Waals surface area contributed by atoms with Gasteiger partial charge in [0.1, 0.15) is 0 Å². The molecule has 1 fully saturated rings. The molecule has 1 saturated carbocycles. The van der Waals surface area contributed by atoms with Crippen LogP contribution in [-0.2, 0) is 6.54 Å². The van der Waals surface area contributed by atoms with Crippen LogP contribution in [0.2, 0.25) is 0 Å². The smallest absolute Gasteiger partial charge is 0.0208 e. The normalized spacial score (nSPS) is 24.8. The van der Waals surface area contributed by atoms with Crippen LogP contribution in [0.5, 0.6) is 0 Å². The van der Waals surface area contributed by atoms with Crippen molar-refractivity contribution in [1.29, 1.82) is 0 Å². The van der Waals surface area contributed by atoms with Gasteiger partial charge in [0.15, 0.2) is 0 Å². The fraction of sp³-hybridized carbons (Fsp3) is 0.647. The van der Waals surface area contributed by atoms with Crippen LogP contribution in [-0.4, -0.2) is 6.04 Å². The van der Waals surface area contributed by atoms with Gasteiger partial charge in [-0.05, 0) is 44.6 Å². The fourth-order valence-electron chi connectivity index (χ4n) is 3.12. The van der Waals surface area contributed by atoms with Crippen molar-refractivity contribution in [2.45, 2.75) is 65.5 Å². The molecule has 0 spiro atoms. The molecule has 100 valence electrons. The van der Waals surface area contributed by atoms with Gasteiger partial charge in [0.2, 0.25) is 0 Å². The van der Waals surface area contributed by atoms with Gasteiger partial charge in [-0.25, -0.2) is 0 Å². The molecule has 1 N–H and O–H groups in total. The summed E-state index contributed by atoms with van der Waals surface area (Å²) in [5, 5.41) is 3.75. The molecule has 0 amide bonds. The van der Waals surface area contributed by atoms with Crippen molar-refractivity contribution in [2.24, 2.45) is 5.92 Å². The van der Waals surface area contributed by atoms with E-state index in [1.165, 1.54) is 48.8 Å². The molecule has 1 nitrogen and oxygen atoms in total. The van der Waals surface area contributed by atoms with E-state index in [0.717, 1.165) is 18.5 Å². The number of rotatable bonds is 3. The quantitative estimate of drug-likeness (QED) is 0.780. The highest BCUT2D eigenvalue weighted by molar-refractivity contribution is 5.28. The van der Waals surface area contributed by atoms with Gasteiger partial charge in [-0.3, -0.25) is 0 Å². The predicted octanol–water partition coefficient (Wildman–Crippen LogP) is 4.36. The van der Waals surface area contributed by atoms with Gasteiger partial charge in [-0.15, -0.1) is 0 Å². The number of hydrogen-bond acceptors (Lipinski definition) is 1. The van der Waals surface area contributed by atoms with Gasteiger partial charge >= 0.3 is 0 Å². The minimum absolute atomic E-state index is 0.732. The Morgan fingerprint density at radius 3 is 2.44 bits per heavy atom. The first-order chi connectivity index (χ1) is 8.63. The van der Waals surface area contributed by atoms with Crippen molar-refractivity contribution in [3.05, 3.63) is 34.9 Å². The topological polar surface area (TPSA) is 12.0 Å². The summed E-state index contributed by atoms with van der Waals surface area (Å²) in [4.78, 5) is 0. The number of nitrogens with one attached hydrogen (secondary N) is 1. The lowest BCUT2D eigenvalue weighted by Crippen LogP contribution is -2.28. The third-order valence-corrected chi connectivity index (χ3v) is 4.13. The summed E-state index contributed by atoms with van der Waals surface area (Å²) in [6.07, 6.45) is 6.92. The number of benzene rings is 1. The minimum atomic E-state index is 0.732. The Balaban J connectivity index is 1.86. The molecule has 1 aliphatic carbocycles. The number of aryl methyl sites for hydroxylation is 2. The molecular formula is C17H27N. The van der Waals surface area contributed by atoms with E-state index < -0.39 is 0 Å². The van der Waals surface area contributed by atoms with E-state index in [1.807, 2.05) is 0 Å². The summed E-state index contributed by atoms with van der Waals surface area (Å²) in [6.45, 7) is 7.79. The monoisotopic (exact) mass is 245 g/mol. The molecule has 2 unspecified atom stereocenters. The summed E-state index contributed by atoms with van der Waals surface area (Å²) in [7, 11) is 0. The highest BCUT2D eigenvalue weighted by atomic mass is 14.9. The molecule has 0 aromatic heterocycles. The molecule has 0 saturated heterocycles. The van der Waals surface area contributed by atoms with Crippen molar-refractivity contribution in [3.8, 4) is 0 Å². The highest BCUT2D eigenvalue weighted by Crippen LogP contribution is 2.22. The molecular weight excluding hydrogens is 218 g/mol. The average Bonchev–Trinajstić information content (AvgIpc) is 2.50. The molecule has 2 atom stereocenters. The lowest BCUT2D eigenvalue weighted by molar-refractivity contribution is 0.447. The minimum Gasteiger partial charge on any atom is -0.310 e. The summed E-state index contributed by atoms with van der Waals surface area (Å²) in [6, 6.07) is 7.59. The second kappa shape index (κ2) is 6.38. The lowest BCUT2D eigenvalue weighted by atomic mass is 10.0. The molecule has 0 aliphatic heterocycles. The Morgan fingerprint density at radius 1 is 1.00 bits per heavy atom. The van der Waals surface area contributed by atoms with Crippen molar-refractivity contribution in [3.63, 3.8) is 0 Å². The lowest BCUT2D eigenvalue weighted by Gasteiger charge is -2.17. The van der Waals surface area contributed by atoms with Crippen LogP contribution >= 0.6 is 0 Å². The van der Waals surface area contributed by atoms with Gasteiger partial charge in [-0.2, -0.15) is 0 Å². The van der Waals surface area contributed by atoms with Crippen LogP contribution in [0.25, 0.3) is 0 Å². The van der Waals surface area contributed by atoms with Crippen LogP contribution in [0.15, 0.2) is 18.2 Å². The first-order valence-electron chi connectivity index (χ1n) is 7.44. The first kappa shape index (κ1) is 13.6. The van der Waals surface area contributed by atoms with Crippen LogP contribution in [0.1, 0.15) is 55.7 Å². The van der Waals surface area contributed by atoms with Crippen molar-refractivity contribution in [1.82, 2.24) is 5.32 Å². The Kier molecular flexibility index (Phi) is 4.82. The fourth-order valence-corrected chi connectivity index (χ4v) is 3.12. The van der Waals surface area contributed by atoms with Gasteiger partial charge in [0.25, 0.3) is 0 Å². The van der Waals surface area contributed by atoms with Crippen molar-refractivity contribution < 1.29 is 0 Å². The van der Waals surface area contributed by atoms with Crippen LogP contribution in [0, 0.1) is 19.8 Å². The van der Waals surface area contributed by atoms with E-state index in [9.17, 15) is 0 Å². The van der Waals surface area contributed by atoms with E-state index in [1.54, 1.807) is 0 Å². The standard InChI is InChI=1S/C17H27N/c1-13-5-4-6-17(8-7-13)18-12-16-10-14(2)9-15(3)11-16/h9-11,13,17-18H,4-8,12H2,1-3H3. The third-order valence-electron chi connectivity index (χ3n) is 4.13. The maximum absolute atomic E-state index is 3.75. The zero-order chi connectivity index (χ0) is 13.0. The Hall–Kier alpha value is -0.820. The maximum Gasteiger partial charge on any atom is 0.0208 e. The highest BCUT2D eigenvalue weighted by Gasteiger charge is 2.15. The average molecular weight is 245 g/mol. The summed E-state index contributed by atoms with van der Waals surface area (Å²) in [5.41, 5.74) is 4.19. The second-order valence-corrected chi connectivity index (χ2v) is 6.19. The molecule has 0 heterocycles. The molecule has 0 bridgehead atoms. The van der Waals surface area contributed by atoms with Crippen molar-refractivity contribution in [2.75, 3.05) is 0 Å². The van der Waals surface area contributed by atoms with Gasteiger partial charge in [0, 0.05) is 12.6 Å². The maximum atomic E-state index is 3.75. The Labute approximate surface area is 112 Å². The van der Waals surface area contributed by atoms with E-state index in [0.29, 0.717) is 0 Å². The van der Waals surface area contributed by atoms with Crippen LogP contribution < -0.4 is 5.32 Å². The molecule has 1 aromatic carbocycles. The molecule has 1 aromatic rings. The SMILES string of the molecule is Cc1cc(C)cc(CNC2CCCC(C)CC2)c1. The van der Waals surface area contributed by atoms with Crippen molar-refractivity contribution >= 4 is 0 Å². The zero-order valence-corrected chi connectivity index (χ0v) is 12.1. The van der Waals surface area contributed by atoms with E-state index in [-0.39, 0.29) is 0 Å². The Morgan fingerprint density at radius 2 is 1.72 bits per heavy atom. The summed E-state index contributed by atoms with van der Waals surface area (Å²) in [5.74, 6) is 0.929. The molecule has 1 aliphatic rings. The second-order valence-electron chi connectivity index (χ2n) is 6.19. The van der Waals surface area contributed by atoms with Crippen LogP contribution in [0.4, 0.5) is 0 Å². The number of hydrogen-bond donors (Lipinski definition) is 1. The zero-order valence-electron chi connectivity index (χ0n) is 12.1.